The molecule has 0 atom stereocenters. The molecule has 0 fully saturated rings. The lowest BCUT2D eigenvalue weighted by molar-refractivity contribution is 0.0944. The number of aromatic nitrogens is 2. The van der Waals surface area contributed by atoms with Gasteiger partial charge in [0.25, 0.3) is 5.91 Å². The summed E-state index contributed by atoms with van der Waals surface area (Å²) in [4.78, 5) is 17.5. The molecule has 0 aliphatic carbocycles. The molecule has 0 spiro atoms. The highest BCUT2D eigenvalue weighted by atomic mass is 35.5. The molecule has 9 heteroatoms. The van der Waals surface area contributed by atoms with Crippen LogP contribution in [0.3, 0.4) is 0 Å². The molecule has 3 aromatic rings. The Bertz CT molecular complexity index is 1020. The van der Waals surface area contributed by atoms with Crippen molar-refractivity contribution in [2.24, 2.45) is 11.6 Å². The fraction of sp³-hybridized carbons (Fsp3) is 0.300. The number of hydrazine groups is 1. The number of halogens is 1. The summed E-state index contributed by atoms with van der Waals surface area (Å²) < 4.78 is 7.19. The van der Waals surface area contributed by atoms with Crippen molar-refractivity contribution in [3.63, 3.8) is 0 Å². The summed E-state index contributed by atoms with van der Waals surface area (Å²) in [6.45, 7) is 3.22. The first-order chi connectivity index (χ1) is 14.0. The van der Waals surface area contributed by atoms with E-state index in [0.29, 0.717) is 53.9 Å². The van der Waals surface area contributed by atoms with Crippen molar-refractivity contribution >= 4 is 28.8 Å². The Morgan fingerprint density at radius 1 is 1.34 bits per heavy atom. The highest BCUT2D eigenvalue weighted by Gasteiger charge is 2.19. The molecule has 0 radical (unpaired) electrons. The third-order valence-corrected chi connectivity index (χ3v) is 4.84. The lowest BCUT2D eigenvalue weighted by atomic mass is 10.1. The van der Waals surface area contributed by atoms with Gasteiger partial charge >= 0.3 is 0 Å². The van der Waals surface area contributed by atoms with Crippen LogP contribution in [0.15, 0.2) is 36.5 Å². The second-order valence-electron chi connectivity index (χ2n) is 6.50. The van der Waals surface area contributed by atoms with Crippen LogP contribution in [0.2, 0.25) is 5.02 Å². The normalized spacial score (nSPS) is 10.9. The molecule has 2 aromatic heterocycles. The summed E-state index contributed by atoms with van der Waals surface area (Å²) in [5.41, 5.74) is 9.05. The van der Waals surface area contributed by atoms with E-state index >= 15 is 0 Å². The van der Waals surface area contributed by atoms with Gasteiger partial charge < -0.3 is 20.8 Å². The lowest BCUT2D eigenvalue weighted by Crippen LogP contribution is -2.35. The van der Waals surface area contributed by atoms with E-state index in [-0.39, 0.29) is 5.91 Å². The molecule has 1 aromatic carbocycles. The average molecular weight is 417 g/mol. The number of amides is 1. The Labute approximate surface area is 174 Å². The number of carbonyl (C=O) groups is 1. The van der Waals surface area contributed by atoms with E-state index in [2.05, 4.69) is 10.3 Å². The number of nitrogens with zero attached hydrogens (tertiary/aromatic N) is 3. The predicted octanol–water partition coefficient (Wildman–Crippen LogP) is 2.13. The van der Waals surface area contributed by atoms with Crippen LogP contribution in [0.4, 0.5) is 5.69 Å². The molecule has 3 rings (SSSR count). The number of hydrogen-bond donors (Lipinski definition) is 3. The number of fused-ring (bicyclic) bond motifs is 1. The number of hydrogen-bond acceptors (Lipinski definition) is 6. The maximum atomic E-state index is 12.9. The van der Waals surface area contributed by atoms with Crippen molar-refractivity contribution in [3.05, 3.63) is 58.5 Å². The standard InChI is InChI=1S/C20H25ClN6O2/c1-3-16-19(26-12-14(21)5-7-18(26)25-16)20(28)24-11-13-4-6-15(10-17(13)29-2)27(23)9-8-22/h4-7,10,12H,3,8-9,11,22-23H2,1-2H3,(H,24,28). The number of aryl methyl sites for hydroxylation is 1. The molecule has 8 nitrogen and oxygen atoms in total. The van der Waals surface area contributed by atoms with Crippen molar-refractivity contribution in [2.75, 3.05) is 25.2 Å². The molecule has 0 saturated heterocycles. The van der Waals surface area contributed by atoms with Crippen LogP contribution < -0.4 is 26.6 Å². The zero-order valence-corrected chi connectivity index (χ0v) is 17.2. The van der Waals surface area contributed by atoms with E-state index in [9.17, 15) is 4.79 Å². The summed E-state index contributed by atoms with van der Waals surface area (Å²) in [5, 5.41) is 5.04. The number of imidazole rings is 1. The number of ether oxygens (including phenoxy) is 1. The number of rotatable bonds is 8. The number of carbonyl (C=O) groups excluding carboxylic acids is 1. The Morgan fingerprint density at radius 3 is 2.83 bits per heavy atom. The summed E-state index contributed by atoms with van der Waals surface area (Å²) >= 11 is 6.10. The van der Waals surface area contributed by atoms with Gasteiger partial charge in [0.2, 0.25) is 0 Å². The van der Waals surface area contributed by atoms with Crippen molar-refractivity contribution < 1.29 is 9.53 Å². The van der Waals surface area contributed by atoms with Gasteiger partial charge in [0.15, 0.2) is 0 Å². The number of anilines is 1. The minimum atomic E-state index is -0.230. The molecule has 2 heterocycles. The molecule has 0 unspecified atom stereocenters. The van der Waals surface area contributed by atoms with Crippen molar-refractivity contribution in [1.82, 2.24) is 14.7 Å². The van der Waals surface area contributed by atoms with Crippen LogP contribution in [0.1, 0.15) is 28.7 Å². The van der Waals surface area contributed by atoms with E-state index < -0.39 is 0 Å². The smallest absolute Gasteiger partial charge is 0.270 e. The first-order valence-electron chi connectivity index (χ1n) is 9.32. The molecule has 0 aliphatic heterocycles. The summed E-state index contributed by atoms with van der Waals surface area (Å²) in [6, 6.07) is 9.10. The number of pyridine rings is 1. The quantitative estimate of drug-likeness (QED) is 0.383. The van der Waals surface area contributed by atoms with Gasteiger partial charge in [-0.05, 0) is 24.6 Å². The van der Waals surface area contributed by atoms with E-state index in [1.807, 2.05) is 25.1 Å². The topological polar surface area (TPSA) is 111 Å². The molecule has 154 valence electrons. The van der Waals surface area contributed by atoms with Gasteiger partial charge in [-0.2, -0.15) is 0 Å². The summed E-state index contributed by atoms with van der Waals surface area (Å²) in [6.07, 6.45) is 2.33. The molecular weight excluding hydrogens is 392 g/mol. The first kappa shape index (κ1) is 20.9. The van der Waals surface area contributed by atoms with Crippen LogP contribution in [0.5, 0.6) is 5.75 Å². The van der Waals surface area contributed by atoms with Gasteiger partial charge in [-0.3, -0.25) is 9.20 Å². The van der Waals surface area contributed by atoms with Gasteiger partial charge in [0, 0.05) is 37.5 Å². The van der Waals surface area contributed by atoms with Gasteiger partial charge in [0.1, 0.15) is 17.1 Å². The maximum Gasteiger partial charge on any atom is 0.270 e. The highest BCUT2D eigenvalue weighted by Crippen LogP contribution is 2.25. The molecular formula is C20H25ClN6O2. The number of nitrogens with two attached hydrogens (primary N) is 2. The van der Waals surface area contributed by atoms with Crippen LogP contribution in [-0.4, -0.2) is 35.5 Å². The number of methoxy groups -OCH3 is 1. The Balaban J connectivity index is 1.82. The van der Waals surface area contributed by atoms with E-state index in [0.717, 1.165) is 11.3 Å². The molecule has 29 heavy (non-hydrogen) atoms. The fourth-order valence-electron chi connectivity index (χ4n) is 3.14. The van der Waals surface area contributed by atoms with Crippen molar-refractivity contribution in [1.29, 1.82) is 0 Å². The lowest BCUT2D eigenvalue weighted by Gasteiger charge is -2.19. The zero-order valence-electron chi connectivity index (χ0n) is 16.5. The summed E-state index contributed by atoms with van der Waals surface area (Å²) in [7, 11) is 1.58. The minimum absolute atomic E-state index is 0.230. The Kier molecular flexibility index (Phi) is 6.58. The van der Waals surface area contributed by atoms with Crippen molar-refractivity contribution in [2.45, 2.75) is 19.9 Å². The monoisotopic (exact) mass is 416 g/mol. The fourth-order valence-corrected chi connectivity index (χ4v) is 3.30. The molecule has 0 saturated carbocycles. The molecule has 1 amide bonds. The van der Waals surface area contributed by atoms with Gasteiger partial charge in [-0.15, -0.1) is 0 Å². The first-order valence-corrected chi connectivity index (χ1v) is 9.70. The number of benzene rings is 1. The van der Waals surface area contributed by atoms with Crippen LogP contribution in [0.25, 0.3) is 5.65 Å². The van der Waals surface area contributed by atoms with E-state index in [1.54, 1.807) is 34.8 Å². The second-order valence-corrected chi connectivity index (χ2v) is 6.93. The average Bonchev–Trinajstić information content (AvgIpc) is 3.09. The van der Waals surface area contributed by atoms with Gasteiger partial charge in [-0.25, -0.2) is 10.8 Å². The van der Waals surface area contributed by atoms with Gasteiger partial charge in [-0.1, -0.05) is 24.6 Å². The molecule has 0 aliphatic rings. The van der Waals surface area contributed by atoms with E-state index in [1.165, 1.54) is 0 Å². The SMILES string of the molecule is CCc1nc2ccc(Cl)cn2c1C(=O)NCc1ccc(N(N)CCN)cc1OC. The highest BCUT2D eigenvalue weighted by molar-refractivity contribution is 6.30. The molecule has 0 bridgehead atoms. The third kappa shape index (κ3) is 4.45. The second kappa shape index (κ2) is 9.13. The van der Waals surface area contributed by atoms with Crippen LogP contribution in [-0.2, 0) is 13.0 Å². The number of nitrogens with one attached hydrogen (secondary N) is 1. The third-order valence-electron chi connectivity index (χ3n) is 4.62. The van der Waals surface area contributed by atoms with Crippen molar-refractivity contribution in [3.8, 4) is 5.75 Å². The van der Waals surface area contributed by atoms with Crippen LogP contribution in [0, 0.1) is 0 Å². The summed E-state index contributed by atoms with van der Waals surface area (Å²) in [5.74, 6) is 6.37. The zero-order chi connectivity index (χ0) is 21.0. The maximum absolute atomic E-state index is 12.9. The molecule has 5 N–H and O–H groups in total. The van der Waals surface area contributed by atoms with Gasteiger partial charge in [0.05, 0.1) is 23.5 Å². The predicted molar refractivity (Wildman–Crippen MR) is 114 cm³/mol. The Hall–Kier alpha value is -2.81. The largest absolute Gasteiger partial charge is 0.496 e. The minimum Gasteiger partial charge on any atom is -0.496 e. The van der Waals surface area contributed by atoms with Crippen LogP contribution >= 0.6 is 11.6 Å². The van der Waals surface area contributed by atoms with E-state index in [4.69, 9.17) is 27.9 Å². The Morgan fingerprint density at radius 2 is 2.14 bits per heavy atom.